The molecule has 0 N–H and O–H groups in total. The van der Waals surface area contributed by atoms with Crippen molar-refractivity contribution >= 4 is 51.2 Å². The van der Waals surface area contributed by atoms with Gasteiger partial charge in [0.25, 0.3) is 0 Å². The van der Waals surface area contributed by atoms with Crippen LogP contribution in [0.15, 0.2) is 42.6 Å². The molecular weight excluding hydrogens is 628 g/mol. The number of aromatic nitrogens is 5. The van der Waals surface area contributed by atoms with E-state index in [-0.39, 0.29) is 28.6 Å². The van der Waals surface area contributed by atoms with Gasteiger partial charge >= 0.3 is 6.09 Å². The maximum Gasteiger partial charge on any atom is 0.410 e. The van der Waals surface area contributed by atoms with Gasteiger partial charge in [-0.2, -0.15) is 5.26 Å². The van der Waals surface area contributed by atoms with Crippen molar-refractivity contribution in [3.05, 3.63) is 69.7 Å². The molecule has 0 bridgehead atoms. The predicted molar refractivity (Wildman–Crippen MR) is 176 cm³/mol. The Hall–Kier alpha value is -4.33. The van der Waals surface area contributed by atoms with Gasteiger partial charge in [-0.3, -0.25) is 4.98 Å². The minimum Gasteiger partial charge on any atom is -0.444 e. The van der Waals surface area contributed by atoms with Crippen LogP contribution in [0.1, 0.15) is 57.3 Å². The summed E-state index contributed by atoms with van der Waals surface area (Å²) in [5.41, 5.74) is 3.76. The molecule has 1 fully saturated rings. The molecule has 9 nitrogen and oxygen atoms in total. The number of halogens is 3. The van der Waals surface area contributed by atoms with Gasteiger partial charge in [-0.15, -0.1) is 5.10 Å². The summed E-state index contributed by atoms with van der Waals surface area (Å²) < 4.78 is 24.2. The number of pyridine rings is 2. The largest absolute Gasteiger partial charge is 0.444 e. The second kappa shape index (κ2) is 12.1. The molecule has 0 aliphatic carbocycles. The van der Waals surface area contributed by atoms with Gasteiger partial charge in [0.1, 0.15) is 27.8 Å². The first-order chi connectivity index (χ1) is 21.9. The number of carbonyl (C=O) groups is 1. The molecule has 3 aromatic heterocycles. The van der Waals surface area contributed by atoms with E-state index in [1.165, 1.54) is 0 Å². The molecule has 4 heterocycles. The Morgan fingerprint density at radius 3 is 2.61 bits per heavy atom. The molecule has 1 amide bonds. The first-order valence-corrected chi connectivity index (χ1v) is 15.8. The average Bonchev–Trinajstić information content (AvgIpc) is 3.44. The lowest BCUT2D eigenvalue weighted by atomic mass is 9.94. The van der Waals surface area contributed by atoms with Crippen LogP contribution in [0.2, 0.25) is 10.0 Å². The highest BCUT2D eigenvalue weighted by Gasteiger charge is 2.36. The Labute approximate surface area is 275 Å². The van der Waals surface area contributed by atoms with E-state index in [1.54, 1.807) is 46.1 Å². The van der Waals surface area contributed by atoms with Crippen molar-refractivity contribution in [2.45, 2.75) is 71.6 Å². The highest BCUT2D eigenvalue weighted by atomic mass is 35.5. The number of fused-ring (bicyclic) bond motifs is 3. The highest BCUT2D eigenvalue weighted by molar-refractivity contribution is 6.35. The van der Waals surface area contributed by atoms with Gasteiger partial charge in [-0.25, -0.2) is 18.9 Å². The summed E-state index contributed by atoms with van der Waals surface area (Å²) in [5, 5.41) is 19.9. The number of hydrogen-bond acceptors (Lipinski definition) is 7. The summed E-state index contributed by atoms with van der Waals surface area (Å²) in [6, 6.07) is 12.2. The van der Waals surface area contributed by atoms with Crippen LogP contribution < -0.4 is 0 Å². The third-order valence-corrected chi connectivity index (χ3v) is 9.09. The van der Waals surface area contributed by atoms with Gasteiger partial charge in [0.2, 0.25) is 0 Å². The minimum absolute atomic E-state index is 0.104. The van der Waals surface area contributed by atoms with E-state index in [0.717, 1.165) is 0 Å². The van der Waals surface area contributed by atoms with Gasteiger partial charge in [0.15, 0.2) is 5.82 Å². The van der Waals surface area contributed by atoms with Crippen LogP contribution in [0.5, 0.6) is 0 Å². The molecule has 2 atom stereocenters. The Balaban J connectivity index is 1.56. The van der Waals surface area contributed by atoms with Crippen LogP contribution in [-0.4, -0.2) is 54.1 Å². The number of piperidine rings is 1. The molecule has 1 aliphatic heterocycles. The number of hydrogen-bond donors (Lipinski definition) is 0. The Morgan fingerprint density at radius 1 is 1.13 bits per heavy atom. The normalized spacial score (nSPS) is 17.0. The number of carbonyl (C=O) groups excluding carboxylic acids is 1. The van der Waals surface area contributed by atoms with Crippen molar-refractivity contribution in [1.82, 2.24) is 29.9 Å². The first kappa shape index (κ1) is 31.6. The van der Waals surface area contributed by atoms with Crippen molar-refractivity contribution in [1.29, 1.82) is 5.26 Å². The molecule has 236 valence electrons. The summed E-state index contributed by atoms with van der Waals surface area (Å²) in [6.07, 6.45) is 2.28. The lowest BCUT2D eigenvalue weighted by Gasteiger charge is -2.39. The van der Waals surface area contributed by atoms with Crippen LogP contribution in [0.25, 0.3) is 44.3 Å². The van der Waals surface area contributed by atoms with Crippen LogP contribution >= 0.6 is 23.2 Å². The van der Waals surface area contributed by atoms with Crippen LogP contribution in [0.3, 0.4) is 0 Å². The van der Waals surface area contributed by atoms with E-state index < -0.39 is 23.6 Å². The van der Waals surface area contributed by atoms with Gasteiger partial charge < -0.3 is 9.64 Å². The smallest absolute Gasteiger partial charge is 0.410 e. The van der Waals surface area contributed by atoms with E-state index in [0.29, 0.717) is 68.9 Å². The molecule has 0 radical (unpaired) electrons. The summed E-state index contributed by atoms with van der Waals surface area (Å²) in [5.74, 6) is -0.590. The van der Waals surface area contributed by atoms with Crippen molar-refractivity contribution in [3.8, 4) is 28.5 Å². The molecule has 12 heteroatoms. The number of rotatable bonds is 4. The van der Waals surface area contributed by atoms with E-state index >= 15 is 4.39 Å². The number of ether oxygens (including phenoxy) is 1. The average molecular weight is 661 g/mol. The van der Waals surface area contributed by atoms with Gasteiger partial charge in [-0.1, -0.05) is 40.5 Å². The number of likely N-dealkylation sites (tertiary alicyclic amines) is 1. The number of nitriles is 1. The molecule has 0 saturated carbocycles. The van der Waals surface area contributed by atoms with E-state index in [9.17, 15) is 10.1 Å². The summed E-state index contributed by atoms with van der Waals surface area (Å²) in [7, 11) is 0. The first-order valence-electron chi connectivity index (χ1n) is 15.0. The second-order valence-electron chi connectivity index (χ2n) is 12.6. The molecule has 0 spiro atoms. The fourth-order valence-electron chi connectivity index (χ4n) is 6.18. The number of aryl methyl sites for hydroxylation is 1. The molecule has 6 rings (SSSR count). The minimum atomic E-state index is -0.675. The fourth-order valence-corrected chi connectivity index (χ4v) is 6.65. The van der Waals surface area contributed by atoms with Crippen molar-refractivity contribution in [3.63, 3.8) is 0 Å². The maximum absolute atomic E-state index is 16.8. The zero-order valence-electron chi connectivity index (χ0n) is 26.1. The number of amides is 1. The molecule has 46 heavy (non-hydrogen) atoms. The van der Waals surface area contributed by atoms with E-state index in [1.807, 2.05) is 40.7 Å². The van der Waals surface area contributed by atoms with Crippen LogP contribution in [0.4, 0.5) is 9.18 Å². The van der Waals surface area contributed by atoms with Crippen molar-refractivity contribution < 1.29 is 13.9 Å². The molecule has 1 saturated heterocycles. The second-order valence-corrected chi connectivity index (χ2v) is 13.4. The Bertz CT molecular complexity index is 2050. The van der Waals surface area contributed by atoms with Crippen LogP contribution in [-0.2, 0) is 4.74 Å². The SMILES string of the molecule is Cc1ncccc1-c1nc2c(F)c(-c3cccc(Cl)c3C)c(Cl)cc2c2c1nnn2[C@H]1CCN(C(=O)OC(C)(C)C)[C@H](CC#N)C1. The Kier molecular flexibility index (Phi) is 8.34. The molecule has 1 aliphatic rings. The predicted octanol–water partition coefficient (Wildman–Crippen LogP) is 8.63. The maximum atomic E-state index is 16.8. The summed E-state index contributed by atoms with van der Waals surface area (Å²) >= 11 is 13.3. The number of benzene rings is 2. The molecule has 5 aromatic rings. The molecular formula is C34H32Cl2FN7O2. The molecule has 2 aromatic carbocycles. The van der Waals surface area contributed by atoms with Gasteiger partial charge in [0.05, 0.1) is 29.6 Å². The van der Waals surface area contributed by atoms with E-state index in [2.05, 4.69) is 21.4 Å². The summed E-state index contributed by atoms with van der Waals surface area (Å²) in [4.78, 5) is 24.0. The lowest BCUT2D eigenvalue weighted by molar-refractivity contribution is 0.00557. The van der Waals surface area contributed by atoms with Gasteiger partial charge in [0, 0.05) is 40.0 Å². The lowest BCUT2D eigenvalue weighted by Crippen LogP contribution is -2.48. The zero-order valence-corrected chi connectivity index (χ0v) is 27.6. The van der Waals surface area contributed by atoms with Gasteiger partial charge in [-0.05, 0) is 82.9 Å². The monoisotopic (exact) mass is 659 g/mol. The van der Waals surface area contributed by atoms with E-state index in [4.69, 9.17) is 32.9 Å². The quantitative estimate of drug-likeness (QED) is 0.190. The van der Waals surface area contributed by atoms with Crippen molar-refractivity contribution in [2.75, 3.05) is 6.54 Å². The molecule has 0 unspecified atom stereocenters. The Morgan fingerprint density at radius 2 is 1.89 bits per heavy atom. The highest BCUT2D eigenvalue weighted by Crippen LogP contribution is 2.43. The van der Waals surface area contributed by atoms with Crippen molar-refractivity contribution in [2.24, 2.45) is 0 Å². The topological polar surface area (TPSA) is 110 Å². The third-order valence-electron chi connectivity index (χ3n) is 8.38. The third kappa shape index (κ3) is 5.63. The summed E-state index contributed by atoms with van der Waals surface area (Å²) in [6.45, 7) is 9.44. The standard InChI is InChI=1S/C34H32Cl2FN7O2/c1-18-22(8-6-10-25(18)35)27-26(36)17-24-29(28(27)37)40-30(23-9-7-14-39-19(23)2)31-32(24)44(42-41-31)21-12-15-43(20(16-21)11-13-38)33(45)46-34(3,4)5/h6-10,14,17,20-21H,11-12,15-16H2,1-5H3/t20-,21+/m1/s1. The fraction of sp³-hybridized carbons (Fsp3) is 0.353. The van der Waals surface area contributed by atoms with Crippen LogP contribution in [0, 0.1) is 31.0 Å². The number of nitrogens with zero attached hydrogens (tertiary/aromatic N) is 7. The zero-order chi connectivity index (χ0) is 32.9.